The van der Waals surface area contributed by atoms with Crippen LogP contribution in [0, 0.1) is 0 Å². The molecule has 0 bridgehead atoms. The third-order valence-electron chi connectivity index (χ3n) is 4.14. The molecule has 0 fully saturated rings. The van der Waals surface area contributed by atoms with E-state index in [9.17, 15) is 23.1 Å². The van der Waals surface area contributed by atoms with Gasteiger partial charge in [-0.3, -0.25) is 0 Å². The van der Waals surface area contributed by atoms with E-state index in [1.807, 2.05) is 0 Å². The summed E-state index contributed by atoms with van der Waals surface area (Å²) in [5.41, 5.74) is 0.654. The number of carboxylic acids is 1. The zero-order valence-corrected chi connectivity index (χ0v) is 13.5. The summed E-state index contributed by atoms with van der Waals surface area (Å²) >= 11 is 6.19. The van der Waals surface area contributed by atoms with Crippen LogP contribution in [0.4, 0.5) is 18.9 Å². The Balaban J connectivity index is 2.11. The van der Waals surface area contributed by atoms with Crippen molar-refractivity contribution >= 4 is 23.3 Å². The number of hydrogen-bond acceptors (Lipinski definition) is 2. The lowest BCUT2D eigenvalue weighted by molar-refractivity contribution is -0.137. The summed E-state index contributed by atoms with van der Waals surface area (Å²) in [5.74, 6) is -1.82. The topological polar surface area (TPSA) is 49.3 Å². The van der Waals surface area contributed by atoms with Gasteiger partial charge in [-0.1, -0.05) is 29.8 Å². The predicted molar refractivity (Wildman–Crippen MR) is 88.7 cm³/mol. The van der Waals surface area contributed by atoms with Crippen LogP contribution < -0.4 is 5.32 Å². The smallest absolute Gasteiger partial charge is 0.416 e. The van der Waals surface area contributed by atoms with E-state index in [1.54, 1.807) is 24.3 Å². The van der Waals surface area contributed by atoms with Gasteiger partial charge in [0.1, 0.15) is 0 Å². The molecule has 0 radical (unpaired) electrons. The first kappa shape index (κ1) is 17.4. The average molecular weight is 368 g/mol. The Bertz CT molecular complexity index is 862. The lowest BCUT2D eigenvalue weighted by Crippen LogP contribution is -2.14. The lowest BCUT2D eigenvalue weighted by atomic mass is 9.86. The second kappa shape index (κ2) is 6.44. The van der Waals surface area contributed by atoms with Crippen LogP contribution in [0.15, 0.2) is 54.2 Å². The highest BCUT2D eigenvalue weighted by Crippen LogP contribution is 2.39. The largest absolute Gasteiger partial charge is 0.478 e. The van der Waals surface area contributed by atoms with Crippen molar-refractivity contribution in [3.8, 4) is 0 Å². The highest BCUT2D eigenvalue weighted by molar-refractivity contribution is 6.31. The molecule has 3 rings (SSSR count). The van der Waals surface area contributed by atoms with Gasteiger partial charge in [0.15, 0.2) is 0 Å². The fraction of sp³-hybridized carbons (Fsp3) is 0.167. The molecule has 0 saturated carbocycles. The third-order valence-corrected chi connectivity index (χ3v) is 4.49. The number of benzene rings is 2. The Hall–Kier alpha value is -2.47. The van der Waals surface area contributed by atoms with Gasteiger partial charge in [-0.15, -0.1) is 0 Å². The number of fused-ring (bicyclic) bond motifs is 1. The van der Waals surface area contributed by atoms with Crippen molar-refractivity contribution < 1.29 is 23.1 Å². The number of nitrogens with one attached hydrogen (secondary N) is 1. The lowest BCUT2D eigenvalue weighted by Gasteiger charge is -2.19. The van der Waals surface area contributed by atoms with Crippen LogP contribution in [0.5, 0.6) is 0 Å². The van der Waals surface area contributed by atoms with Crippen LogP contribution >= 0.6 is 11.6 Å². The highest BCUT2D eigenvalue weighted by atomic mass is 35.5. The van der Waals surface area contributed by atoms with Crippen LogP contribution in [0.3, 0.4) is 0 Å². The summed E-state index contributed by atoms with van der Waals surface area (Å²) in [6.45, 7) is 0. The quantitative estimate of drug-likeness (QED) is 0.778. The van der Waals surface area contributed by atoms with Crippen molar-refractivity contribution in [2.24, 2.45) is 0 Å². The van der Waals surface area contributed by atoms with E-state index in [1.165, 1.54) is 12.3 Å². The van der Waals surface area contributed by atoms with Crippen molar-refractivity contribution in [1.82, 2.24) is 0 Å². The molecule has 2 aromatic carbocycles. The second-order valence-corrected chi connectivity index (χ2v) is 6.10. The Kier molecular flexibility index (Phi) is 4.47. The number of carbonyl (C=O) groups is 1. The summed E-state index contributed by atoms with van der Waals surface area (Å²) in [6, 6.07) is 10.1. The Morgan fingerprint density at radius 3 is 2.56 bits per heavy atom. The van der Waals surface area contributed by atoms with E-state index < -0.39 is 23.6 Å². The van der Waals surface area contributed by atoms with Gasteiger partial charge < -0.3 is 10.4 Å². The molecule has 130 valence electrons. The Morgan fingerprint density at radius 1 is 1.20 bits per heavy atom. The minimum Gasteiger partial charge on any atom is -0.478 e. The number of anilines is 1. The SMILES string of the molecule is O=C(O)C1=CNc2ccc(C(F)(F)F)cc2CC1c1ccccc1Cl. The van der Waals surface area contributed by atoms with E-state index in [-0.39, 0.29) is 12.0 Å². The van der Waals surface area contributed by atoms with E-state index in [4.69, 9.17) is 11.6 Å². The van der Waals surface area contributed by atoms with E-state index in [2.05, 4.69) is 5.32 Å². The molecule has 2 N–H and O–H groups in total. The molecule has 1 aliphatic heterocycles. The molecule has 0 aliphatic carbocycles. The maximum Gasteiger partial charge on any atom is 0.416 e. The Labute approximate surface area is 146 Å². The molecule has 1 unspecified atom stereocenters. The summed E-state index contributed by atoms with van der Waals surface area (Å²) in [4.78, 5) is 11.6. The van der Waals surface area contributed by atoms with Crippen LogP contribution in [0.2, 0.25) is 5.02 Å². The van der Waals surface area contributed by atoms with Crippen LogP contribution in [-0.2, 0) is 17.4 Å². The molecule has 3 nitrogen and oxygen atoms in total. The first-order chi connectivity index (χ1) is 11.8. The molecular weight excluding hydrogens is 355 g/mol. The fourth-order valence-electron chi connectivity index (χ4n) is 2.91. The first-order valence-electron chi connectivity index (χ1n) is 7.42. The maximum absolute atomic E-state index is 13.0. The Morgan fingerprint density at radius 2 is 1.92 bits per heavy atom. The van der Waals surface area contributed by atoms with Crippen molar-refractivity contribution in [3.05, 3.63) is 76.0 Å². The molecule has 0 saturated heterocycles. The molecule has 1 heterocycles. The molecule has 1 atom stereocenters. The number of halogens is 4. The van der Waals surface area contributed by atoms with Crippen molar-refractivity contribution in [3.63, 3.8) is 0 Å². The standard InChI is InChI=1S/C18H13ClF3NO2/c19-15-4-2-1-3-12(15)13-8-10-7-11(18(20,21)22)5-6-16(10)23-9-14(13)17(24)25/h1-7,9,13,23H,8H2,(H,24,25). The van der Waals surface area contributed by atoms with Crippen LogP contribution in [0.1, 0.15) is 22.6 Å². The predicted octanol–water partition coefficient (Wildman–Crippen LogP) is 5.08. The second-order valence-electron chi connectivity index (χ2n) is 5.70. The molecule has 0 spiro atoms. The molecule has 2 aromatic rings. The van der Waals surface area contributed by atoms with Gasteiger partial charge in [-0.05, 0) is 41.8 Å². The number of hydrogen-bond donors (Lipinski definition) is 2. The minimum atomic E-state index is -4.47. The monoisotopic (exact) mass is 367 g/mol. The number of rotatable bonds is 2. The van der Waals surface area contributed by atoms with E-state index in [0.29, 0.717) is 21.8 Å². The fourth-order valence-corrected chi connectivity index (χ4v) is 3.18. The number of carboxylic acid groups (broad SMARTS) is 1. The summed E-state index contributed by atoms with van der Waals surface area (Å²) < 4.78 is 39.0. The van der Waals surface area contributed by atoms with Crippen molar-refractivity contribution in [1.29, 1.82) is 0 Å². The molecule has 0 aromatic heterocycles. The number of aliphatic carboxylic acids is 1. The summed E-state index contributed by atoms with van der Waals surface area (Å²) in [6.07, 6.45) is -3.06. The normalized spacial score (nSPS) is 17.1. The van der Waals surface area contributed by atoms with Gasteiger partial charge in [0.2, 0.25) is 0 Å². The summed E-state index contributed by atoms with van der Waals surface area (Å²) in [7, 11) is 0. The molecule has 1 aliphatic rings. The van der Waals surface area contributed by atoms with Gasteiger partial charge in [0.05, 0.1) is 11.1 Å². The van der Waals surface area contributed by atoms with Crippen molar-refractivity contribution in [2.45, 2.75) is 18.5 Å². The average Bonchev–Trinajstić information content (AvgIpc) is 2.73. The molecule has 25 heavy (non-hydrogen) atoms. The minimum absolute atomic E-state index is 0.0397. The zero-order valence-electron chi connectivity index (χ0n) is 12.8. The molecular formula is C18H13ClF3NO2. The van der Waals surface area contributed by atoms with E-state index in [0.717, 1.165) is 12.1 Å². The first-order valence-corrected chi connectivity index (χ1v) is 7.79. The van der Waals surface area contributed by atoms with Gasteiger partial charge in [0, 0.05) is 22.8 Å². The van der Waals surface area contributed by atoms with Gasteiger partial charge in [0.25, 0.3) is 0 Å². The molecule has 0 amide bonds. The van der Waals surface area contributed by atoms with Gasteiger partial charge >= 0.3 is 12.1 Å². The highest BCUT2D eigenvalue weighted by Gasteiger charge is 2.33. The summed E-state index contributed by atoms with van der Waals surface area (Å²) in [5, 5.41) is 12.7. The van der Waals surface area contributed by atoms with Gasteiger partial charge in [-0.25, -0.2) is 4.79 Å². The zero-order chi connectivity index (χ0) is 18.2. The van der Waals surface area contributed by atoms with Crippen LogP contribution in [0.25, 0.3) is 0 Å². The third kappa shape index (κ3) is 3.49. The number of alkyl halides is 3. The van der Waals surface area contributed by atoms with Crippen LogP contribution in [-0.4, -0.2) is 11.1 Å². The molecule has 7 heteroatoms. The maximum atomic E-state index is 13.0. The van der Waals surface area contributed by atoms with E-state index >= 15 is 0 Å². The van der Waals surface area contributed by atoms with Crippen molar-refractivity contribution in [2.75, 3.05) is 5.32 Å². The van der Waals surface area contributed by atoms with Gasteiger partial charge in [-0.2, -0.15) is 13.2 Å².